The van der Waals surface area contributed by atoms with E-state index in [1.54, 1.807) is 36.7 Å². The fourth-order valence-electron chi connectivity index (χ4n) is 2.21. The van der Waals surface area contributed by atoms with Gasteiger partial charge >= 0.3 is 5.63 Å². The smallest absolute Gasteiger partial charge is 0.336 e. The van der Waals surface area contributed by atoms with Crippen molar-refractivity contribution >= 4 is 23.1 Å². The minimum absolute atomic E-state index is 0.216. The Bertz CT molecular complexity index is 981. The fraction of sp³-hybridized carbons (Fsp3) is 0.111. The minimum atomic E-state index is -0.426. The first-order chi connectivity index (χ1) is 12.1. The maximum atomic E-state index is 11.7. The molecule has 0 atom stereocenters. The van der Waals surface area contributed by atoms with Gasteiger partial charge in [0, 0.05) is 35.5 Å². The highest BCUT2D eigenvalue weighted by Crippen LogP contribution is 2.22. The highest BCUT2D eigenvalue weighted by molar-refractivity contribution is 5.83. The third-order valence-electron chi connectivity index (χ3n) is 3.38. The number of hydrogen-bond donors (Lipinski definition) is 1. The number of aryl methyl sites for hydroxylation is 1. The standard InChI is InChI=1S/C18H15N3O4/c1-12-7-18(23)25-16-8-14(4-5-15(12)16)24-11-17(22)21-20-10-13-3-2-6-19-9-13/h2-10H,11H2,1H3,(H,21,22)/b20-10-. The molecule has 0 bridgehead atoms. The predicted octanol–water partition coefficient (Wildman–Crippen LogP) is 2.03. The average Bonchev–Trinajstić information content (AvgIpc) is 2.60. The van der Waals surface area contributed by atoms with Crippen LogP contribution in [-0.4, -0.2) is 23.7 Å². The first-order valence-electron chi connectivity index (χ1n) is 7.51. The van der Waals surface area contributed by atoms with Gasteiger partial charge in [0.15, 0.2) is 6.61 Å². The second-order valence-corrected chi connectivity index (χ2v) is 5.27. The van der Waals surface area contributed by atoms with Gasteiger partial charge in [0.1, 0.15) is 11.3 Å². The van der Waals surface area contributed by atoms with Gasteiger partial charge in [0.05, 0.1) is 6.21 Å². The molecule has 126 valence electrons. The van der Waals surface area contributed by atoms with Crippen molar-refractivity contribution in [2.24, 2.45) is 5.10 Å². The Balaban J connectivity index is 1.59. The van der Waals surface area contributed by atoms with E-state index >= 15 is 0 Å². The Kier molecular flexibility index (Phi) is 4.84. The molecule has 1 aromatic carbocycles. The van der Waals surface area contributed by atoms with Crippen molar-refractivity contribution in [3.05, 3.63) is 70.3 Å². The van der Waals surface area contributed by atoms with Crippen LogP contribution in [-0.2, 0) is 4.79 Å². The number of carbonyl (C=O) groups excluding carboxylic acids is 1. The van der Waals surface area contributed by atoms with Gasteiger partial charge in [0.2, 0.25) is 0 Å². The topological polar surface area (TPSA) is 93.8 Å². The molecule has 7 nitrogen and oxygen atoms in total. The highest BCUT2D eigenvalue weighted by atomic mass is 16.5. The SMILES string of the molecule is Cc1cc(=O)oc2cc(OCC(=O)N/N=C\c3cccnc3)ccc12. The normalized spacial score (nSPS) is 10.9. The molecule has 0 aliphatic heterocycles. The van der Waals surface area contributed by atoms with Gasteiger partial charge in [-0.05, 0) is 30.7 Å². The number of nitrogens with zero attached hydrogens (tertiary/aromatic N) is 2. The second kappa shape index (κ2) is 7.39. The molecule has 3 rings (SSSR count). The minimum Gasteiger partial charge on any atom is -0.484 e. The number of carbonyl (C=O) groups is 1. The Labute approximate surface area is 143 Å². The van der Waals surface area contributed by atoms with Crippen molar-refractivity contribution in [1.29, 1.82) is 0 Å². The van der Waals surface area contributed by atoms with Crippen molar-refractivity contribution in [2.75, 3.05) is 6.61 Å². The zero-order valence-corrected chi connectivity index (χ0v) is 13.4. The quantitative estimate of drug-likeness (QED) is 0.437. The molecule has 1 N–H and O–H groups in total. The molecule has 0 saturated carbocycles. The van der Waals surface area contributed by atoms with E-state index in [0.717, 1.165) is 16.5 Å². The number of pyridine rings is 1. The third-order valence-corrected chi connectivity index (χ3v) is 3.38. The van der Waals surface area contributed by atoms with Crippen LogP contribution >= 0.6 is 0 Å². The Morgan fingerprint density at radius 1 is 1.36 bits per heavy atom. The third kappa shape index (κ3) is 4.29. The van der Waals surface area contributed by atoms with Crippen LogP contribution in [0, 0.1) is 6.92 Å². The number of aromatic nitrogens is 1. The zero-order valence-electron chi connectivity index (χ0n) is 13.4. The lowest BCUT2D eigenvalue weighted by Crippen LogP contribution is -2.24. The summed E-state index contributed by atoms with van der Waals surface area (Å²) in [6.07, 6.45) is 4.76. The van der Waals surface area contributed by atoms with Crippen LogP contribution in [0.4, 0.5) is 0 Å². The Morgan fingerprint density at radius 3 is 3.04 bits per heavy atom. The van der Waals surface area contributed by atoms with Crippen molar-refractivity contribution in [2.45, 2.75) is 6.92 Å². The molecular formula is C18H15N3O4. The van der Waals surface area contributed by atoms with Gasteiger partial charge in [-0.2, -0.15) is 5.10 Å². The van der Waals surface area contributed by atoms with Gasteiger partial charge < -0.3 is 9.15 Å². The number of hydrazone groups is 1. The molecule has 0 aliphatic rings. The second-order valence-electron chi connectivity index (χ2n) is 5.27. The number of hydrogen-bond acceptors (Lipinski definition) is 6. The van der Waals surface area contributed by atoms with Crippen LogP contribution in [0.2, 0.25) is 0 Å². The van der Waals surface area contributed by atoms with Gasteiger partial charge in [0.25, 0.3) is 5.91 Å². The molecular weight excluding hydrogens is 322 g/mol. The summed E-state index contributed by atoms with van der Waals surface area (Å²) < 4.78 is 10.5. The average molecular weight is 337 g/mol. The maximum absolute atomic E-state index is 11.7. The van der Waals surface area contributed by atoms with Crippen LogP contribution in [0.25, 0.3) is 11.0 Å². The summed E-state index contributed by atoms with van der Waals surface area (Å²) in [5.74, 6) is 0.0126. The van der Waals surface area contributed by atoms with Crippen LogP contribution in [0.15, 0.2) is 63.1 Å². The number of nitrogens with one attached hydrogen (secondary N) is 1. The van der Waals surface area contributed by atoms with Gasteiger partial charge in [-0.1, -0.05) is 6.07 Å². The molecule has 0 saturated heterocycles. The van der Waals surface area contributed by atoms with Gasteiger partial charge in [-0.3, -0.25) is 9.78 Å². The largest absolute Gasteiger partial charge is 0.484 e. The molecule has 2 heterocycles. The molecule has 7 heteroatoms. The summed E-state index contributed by atoms with van der Waals surface area (Å²) >= 11 is 0. The van der Waals surface area contributed by atoms with E-state index in [2.05, 4.69) is 15.5 Å². The summed E-state index contributed by atoms with van der Waals surface area (Å²) in [5.41, 5.74) is 3.94. The molecule has 0 radical (unpaired) electrons. The molecule has 3 aromatic rings. The molecule has 0 spiro atoms. The molecule has 0 fully saturated rings. The van der Waals surface area contributed by atoms with Crippen molar-refractivity contribution in [1.82, 2.24) is 10.4 Å². The highest BCUT2D eigenvalue weighted by Gasteiger charge is 2.06. The molecule has 1 amide bonds. The summed E-state index contributed by atoms with van der Waals surface area (Å²) in [4.78, 5) is 27.1. The zero-order chi connectivity index (χ0) is 17.6. The van der Waals surface area contributed by atoms with E-state index in [0.29, 0.717) is 11.3 Å². The van der Waals surface area contributed by atoms with E-state index < -0.39 is 11.5 Å². The number of rotatable bonds is 5. The van der Waals surface area contributed by atoms with Crippen LogP contribution in [0.3, 0.4) is 0 Å². The number of ether oxygens (including phenoxy) is 1. The lowest BCUT2D eigenvalue weighted by molar-refractivity contribution is -0.123. The lowest BCUT2D eigenvalue weighted by atomic mass is 10.1. The van der Waals surface area contributed by atoms with Crippen LogP contribution < -0.4 is 15.8 Å². The number of fused-ring (bicyclic) bond motifs is 1. The Hall–Kier alpha value is -3.48. The maximum Gasteiger partial charge on any atom is 0.336 e. The number of amides is 1. The number of benzene rings is 1. The van der Waals surface area contributed by atoms with E-state index in [-0.39, 0.29) is 6.61 Å². The van der Waals surface area contributed by atoms with Crippen molar-refractivity contribution in [3.8, 4) is 5.75 Å². The van der Waals surface area contributed by atoms with Crippen LogP contribution in [0.1, 0.15) is 11.1 Å². The molecule has 2 aromatic heterocycles. The van der Waals surface area contributed by atoms with E-state index in [1.807, 2.05) is 13.0 Å². The molecule has 0 aliphatic carbocycles. The first kappa shape index (κ1) is 16.4. The summed E-state index contributed by atoms with van der Waals surface area (Å²) in [6.45, 7) is 1.61. The van der Waals surface area contributed by atoms with Gasteiger partial charge in [-0.15, -0.1) is 0 Å². The Morgan fingerprint density at radius 2 is 2.24 bits per heavy atom. The molecule has 0 unspecified atom stereocenters. The van der Waals surface area contributed by atoms with Crippen molar-refractivity contribution in [3.63, 3.8) is 0 Å². The van der Waals surface area contributed by atoms with Crippen molar-refractivity contribution < 1.29 is 13.9 Å². The van der Waals surface area contributed by atoms with Gasteiger partial charge in [-0.25, -0.2) is 10.2 Å². The molecule has 25 heavy (non-hydrogen) atoms. The monoisotopic (exact) mass is 337 g/mol. The van der Waals surface area contributed by atoms with E-state index in [4.69, 9.17) is 9.15 Å². The fourth-order valence-corrected chi connectivity index (χ4v) is 2.21. The summed E-state index contributed by atoms with van der Waals surface area (Å²) in [6, 6.07) is 10.1. The lowest BCUT2D eigenvalue weighted by Gasteiger charge is -2.06. The van der Waals surface area contributed by atoms with E-state index in [9.17, 15) is 9.59 Å². The summed E-state index contributed by atoms with van der Waals surface area (Å²) in [7, 11) is 0. The first-order valence-corrected chi connectivity index (χ1v) is 7.51. The summed E-state index contributed by atoms with van der Waals surface area (Å²) in [5, 5.41) is 4.64. The predicted molar refractivity (Wildman–Crippen MR) is 92.7 cm³/mol. The van der Waals surface area contributed by atoms with Crippen LogP contribution in [0.5, 0.6) is 5.75 Å². The van der Waals surface area contributed by atoms with E-state index in [1.165, 1.54) is 12.3 Å².